The molecule has 1 aromatic rings. The van der Waals surface area contributed by atoms with Crippen LogP contribution in [0.1, 0.15) is 18.4 Å². The maximum atomic E-state index is 12.9. The summed E-state index contributed by atoms with van der Waals surface area (Å²) < 4.78 is 16.4. The van der Waals surface area contributed by atoms with Gasteiger partial charge in [-0.25, -0.2) is 4.79 Å². The predicted octanol–water partition coefficient (Wildman–Crippen LogP) is 1.41. The van der Waals surface area contributed by atoms with Crippen molar-refractivity contribution in [1.82, 2.24) is 4.90 Å². The minimum absolute atomic E-state index is 0.122. The van der Waals surface area contributed by atoms with Gasteiger partial charge in [-0.3, -0.25) is 9.69 Å². The van der Waals surface area contributed by atoms with E-state index in [9.17, 15) is 9.59 Å². The Morgan fingerprint density at radius 2 is 2.15 bits per heavy atom. The lowest BCUT2D eigenvalue weighted by Crippen LogP contribution is -2.68. The number of benzene rings is 1. The number of rotatable bonds is 5. The smallest absolute Gasteiger partial charge is 0.355 e. The van der Waals surface area contributed by atoms with Gasteiger partial charge in [-0.15, -0.1) is 11.8 Å². The molecule has 0 bridgehead atoms. The zero-order valence-corrected chi connectivity index (χ0v) is 15.9. The minimum Gasteiger partial charge on any atom is -0.497 e. The number of methoxy groups -OCH3 is 1. The number of carbonyl (C=O) groups is 2. The van der Waals surface area contributed by atoms with E-state index < -0.39 is 12.0 Å². The van der Waals surface area contributed by atoms with Gasteiger partial charge in [0.25, 0.3) is 0 Å². The number of nitrogens with two attached hydrogens (primary N) is 1. The van der Waals surface area contributed by atoms with E-state index in [0.29, 0.717) is 18.1 Å². The Morgan fingerprint density at radius 1 is 1.37 bits per heavy atom. The quantitative estimate of drug-likeness (QED) is 0.600. The third-order valence-corrected chi connectivity index (χ3v) is 6.40. The van der Waals surface area contributed by atoms with Crippen LogP contribution in [-0.2, 0) is 25.7 Å². The standard InChI is InChI=1S/C19H22N2O5S/c1-24-12-6-4-11(5-7-12)9-26-19(23)16-13(14-3-2-8-25-14)10-27-18-15(20)17(22)21(16)18/h4-7,14-15,18H,2-3,8-10,20H2,1H3/t14-,15-,18-/m1/s1. The van der Waals surface area contributed by atoms with Gasteiger partial charge < -0.3 is 19.9 Å². The number of fused-ring (bicyclic) bond motifs is 1. The van der Waals surface area contributed by atoms with Crippen molar-refractivity contribution in [1.29, 1.82) is 0 Å². The average Bonchev–Trinajstić information content (AvgIpc) is 3.25. The van der Waals surface area contributed by atoms with Crippen molar-refractivity contribution in [2.24, 2.45) is 5.73 Å². The van der Waals surface area contributed by atoms with Gasteiger partial charge in [0.15, 0.2) is 0 Å². The highest BCUT2D eigenvalue weighted by Crippen LogP contribution is 2.42. The number of esters is 1. The number of β-lactam (4-membered cyclic amide) rings is 1. The summed E-state index contributed by atoms with van der Waals surface area (Å²) in [5.74, 6) is 0.626. The van der Waals surface area contributed by atoms with E-state index in [1.165, 1.54) is 4.90 Å². The molecule has 0 aromatic heterocycles. The molecule has 2 saturated heterocycles. The molecule has 1 aromatic carbocycles. The molecule has 144 valence electrons. The summed E-state index contributed by atoms with van der Waals surface area (Å²) in [5.41, 5.74) is 7.91. The molecule has 1 amide bonds. The van der Waals surface area contributed by atoms with Crippen LogP contribution < -0.4 is 10.5 Å². The number of amides is 1. The van der Waals surface area contributed by atoms with Crippen molar-refractivity contribution in [2.45, 2.75) is 37.0 Å². The highest BCUT2D eigenvalue weighted by atomic mass is 32.2. The van der Waals surface area contributed by atoms with Gasteiger partial charge in [0.05, 0.1) is 13.2 Å². The van der Waals surface area contributed by atoms with Crippen molar-refractivity contribution in [3.63, 3.8) is 0 Å². The van der Waals surface area contributed by atoms with E-state index in [1.807, 2.05) is 24.3 Å². The number of carbonyl (C=O) groups excluding carboxylic acids is 2. The van der Waals surface area contributed by atoms with E-state index in [-0.39, 0.29) is 24.0 Å². The van der Waals surface area contributed by atoms with E-state index >= 15 is 0 Å². The number of hydrogen-bond donors (Lipinski definition) is 1. The third-order valence-electron chi connectivity index (χ3n) is 5.08. The van der Waals surface area contributed by atoms with Crippen LogP contribution in [0.25, 0.3) is 0 Å². The van der Waals surface area contributed by atoms with Crippen LogP contribution >= 0.6 is 11.8 Å². The van der Waals surface area contributed by atoms with Crippen LogP contribution in [0.15, 0.2) is 35.5 Å². The molecule has 3 heterocycles. The Labute approximate surface area is 161 Å². The van der Waals surface area contributed by atoms with Crippen LogP contribution in [-0.4, -0.2) is 53.8 Å². The zero-order valence-electron chi connectivity index (χ0n) is 15.1. The van der Waals surface area contributed by atoms with Crippen molar-refractivity contribution < 1.29 is 23.8 Å². The number of nitrogens with zero attached hydrogens (tertiary/aromatic N) is 1. The van der Waals surface area contributed by atoms with Gasteiger partial charge in [0.2, 0.25) is 5.91 Å². The highest BCUT2D eigenvalue weighted by Gasteiger charge is 2.53. The summed E-state index contributed by atoms with van der Waals surface area (Å²) in [4.78, 5) is 26.7. The van der Waals surface area contributed by atoms with Crippen LogP contribution in [0.3, 0.4) is 0 Å². The second kappa shape index (κ2) is 7.53. The van der Waals surface area contributed by atoms with E-state index in [1.54, 1.807) is 18.9 Å². The van der Waals surface area contributed by atoms with Crippen LogP contribution in [0.4, 0.5) is 0 Å². The van der Waals surface area contributed by atoms with Crippen molar-refractivity contribution >= 4 is 23.6 Å². The molecule has 8 heteroatoms. The number of hydrogen-bond acceptors (Lipinski definition) is 7. The van der Waals surface area contributed by atoms with E-state index in [0.717, 1.165) is 29.7 Å². The molecule has 0 aliphatic carbocycles. The summed E-state index contributed by atoms with van der Waals surface area (Å²) >= 11 is 1.58. The topological polar surface area (TPSA) is 91.1 Å². The van der Waals surface area contributed by atoms with Crippen LogP contribution in [0, 0.1) is 0 Å². The molecule has 0 spiro atoms. The lowest BCUT2D eigenvalue weighted by Gasteiger charge is -2.48. The second-order valence-electron chi connectivity index (χ2n) is 6.74. The SMILES string of the molecule is COc1ccc(COC(=O)C2=C([C@H]3CCCO3)CS[C@@H]3[C@H](N)C(=O)N23)cc1. The first-order chi connectivity index (χ1) is 13.1. The Bertz CT molecular complexity index is 773. The zero-order chi connectivity index (χ0) is 19.0. The fourth-order valence-electron chi connectivity index (χ4n) is 3.57. The molecule has 0 saturated carbocycles. The lowest BCUT2D eigenvalue weighted by atomic mass is 10.00. The van der Waals surface area contributed by atoms with Gasteiger partial charge in [0, 0.05) is 12.4 Å². The minimum atomic E-state index is -0.564. The lowest BCUT2D eigenvalue weighted by molar-refractivity contribution is -0.151. The van der Waals surface area contributed by atoms with Gasteiger partial charge in [0.1, 0.15) is 29.5 Å². The highest BCUT2D eigenvalue weighted by molar-refractivity contribution is 8.00. The molecule has 0 unspecified atom stereocenters. The van der Waals surface area contributed by atoms with Gasteiger partial charge in [-0.2, -0.15) is 0 Å². The summed E-state index contributed by atoms with van der Waals surface area (Å²) in [6, 6.07) is 6.74. The Hall–Kier alpha value is -2.03. The van der Waals surface area contributed by atoms with E-state index in [4.69, 9.17) is 19.9 Å². The molecule has 2 N–H and O–H groups in total. The molecule has 3 aliphatic heterocycles. The first kappa shape index (κ1) is 18.3. The molecule has 3 aliphatic rings. The third kappa shape index (κ3) is 3.33. The maximum Gasteiger partial charge on any atom is 0.355 e. The first-order valence-corrected chi connectivity index (χ1v) is 10.00. The Balaban J connectivity index is 1.54. The normalized spacial score (nSPS) is 27.3. The molecular weight excluding hydrogens is 368 g/mol. The summed E-state index contributed by atoms with van der Waals surface area (Å²) in [7, 11) is 1.60. The van der Waals surface area contributed by atoms with Crippen molar-refractivity contribution in [3.05, 3.63) is 41.1 Å². The average molecular weight is 390 g/mol. The molecular formula is C19H22N2O5S. The predicted molar refractivity (Wildman–Crippen MR) is 99.9 cm³/mol. The van der Waals surface area contributed by atoms with Crippen molar-refractivity contribution in [2.75, 3.05) is 19.5 Å². The number of thioether (sulfide) groups is 1. The monoisotopic (exact) mass is 390 g/mol. The maximum absolute atomic E-state index is 12.9. The molecule has 2 fully saturated rings. The van der Waals surface area contributed by atoms with E-state index in [2.05, 4.69) is 0 Å². The Morgan fingerprint density at radius 3 is 2.81 bits per heavy atom. The molecule has 0 radical (unpaired) electrons. The molecule has 4 rings (SSSR count). The van der Waals surface area contributed by atoms with Crippen LogP contribution in [0.2, 0.25) is 0 Å². The molecule has 27 heavy (non-hydrogen) atoms. The molecule has 3 atom stereocenters. The summed E-state index contributed by atoms with van der Waals surface area (Å²) in [6.45, 7) is 0.793. The molecule has 7 nitrogen and oxygen atoms in total. The van der Waals surface area contributed by atoms with Gasteiger partial charge in [-0.1, -0.05) is 12.1 Å². The fraction of sp³-hybridized carbons (Fsp3) is 0.474. The second-order valence-corrected chi connectivity index (χ2v) is 7.84. The van der Waals surface area contributed by atoms with Gasteiger partial charge in [-0.05, 0) is 36.1 Å². The van der Waals surface area contributed by atoms with Gasteiger partial charge >= 0.3 is 5.97 Å². The summed E-state index contributed by atoms with van der Waals surface area (Å²) in [6.07, 6.45) is 1.67. The summed E-state index contributed by atoms with van der Waals surface area (Å²) in [5, 5.41) is -0.203. The largest absolute Gasteiger partial charge is 0.497 e. The van der Waals surface area contributed by atoms with Crippen LogP contribution in [0.5, 0.6) is 5.75 Å². The van der Waals surface area contributed by atoms with Crippen molar-refractivity contribution in [3.8, 4) is 5.75 Å². The fourth-order valence-corrected chi connectivity index (χ4v) is 4.92. The first-order valence-electron chi connectivity index (χ1n) is 8.95. The Kier molecular flexibility index (Phi) is 5.12. The number of ether oxygens (including phenoxy) is 3.